The van der Waals surface area contributed by atoms with Gasteiger partial charge in [0.05, 0.1) is 11.8 Å². The number of amides is 1. The van der Waals surface area contributed by atoms with Gasteiger partial charge in [-0.3, -0.25) is 9.59 Å². The van der Waals surface area contributed by atoms with Gasteiger partial charge >= 0.3 is 5.97 Å². The van der Waals surface area contributed by atoms with Crippen LogP contribution in [0.1, 0.15) is 19.8 Å². The Hall–Kier alpha value is -1.06. The fourth-order valence-electron chi connectivity index (χ4n) is 2.11. The van der Waals surface area contributed by atoms with Crippen molar-refractivity contribution in [3.05, 3.63) is 0 Å². The molecule has 0 bridgehead atoms. The Labute approximate surface area is 82.9 Å². The molecule has 2 rings (SSSR count). The van der Waals surface area contributed by atoms with Crippen LogP contribution in [0.4, 0.5) is 0 Å². The molecular weight excluding hydrogens is 182 g/mol. The van der Waals surface area contributed by atoms with E-state index in [9.17, 15) is 9.59 Å². The van der Waals surface area contributed by atoms with Gasteiger partial charge in [-0.25, -0.2) is 0 Å². The second-order valence-corrected chi connectivity index (χ2v) is 4.47. The Morgan fingerprint density at radius 3 is 2.50 bits per heavy atom. The average molecular weight is 197 g/mol. The number of carboxylic acids is 1. The summed E-state index contributed by atoms with van der Waals surface area (Å²) >= 11 is 0. The number of carboxylic acid groups (broad SMARTS) is 1. The molecule has 0 radical (unpaired) electrons. The maximum absolute atomic E-state index is 11.7. The molecule has 78 valence electrons. The van der Waals surface area contributed by atoms with Gasteiger partial charge in [-0.15, -0.1) is 0 Å². The van der Waals surface area contributed by atoms with Crippen molar-refractivity contribution in [2.24, 2.45) is 17.8 Å². The molecule has 0 spiro atoms. The van der Waals surface area contributed by atoms with E-state index in [0.29, 0.717) is 12.3 Å². The summed E-state index contributed by atoms with van der Waals surface area (Å²) in [5.41, 5.74) is 0. The number of aliphatic carboxylic acids is 1. The summed E-state index contributed by atoms with van der Waals surface area (Å²) in [5, 5.41) is 8.70. The van der Waals surface area contributed by atoms with E-state index in [1.807, 2.05) is 4.90 Å². The van der Waals surface area contributed by atoms with Crippen molar-refractivity contribution in [2.45, 2.75) is 19.8 Å². The van der Waals surface area contributed by atoms with Gasteiger partial charge in [0.2, 0.25) is 5.91 Å². The maximum Gasteiger partial charge on any atom is 0.307 e. The van der Waals surface area contributed by atoms with Crippen molar-refractivity contribution < 1.29 is 14.7 Å². The molecule has 14 heavy (non-hydrogen) atoms. The maximum atomic E-state index is 11.7. The van der Waals surface area contributed by atoms with Crippen LogP contribution in [0.15, 0.2) is 0 Å². The third-order valence-electron chi connectivity index (χ3n) is 3.16. The van der Waals surface area contributed by atoms with Crippen LogP contribution in [0.5, 0.6) is 0 Å². The minimum Gasteiger partial charge on any atom is -0.481 e. The van der Waals surface area contributed by atoms with E-state index in [1.54, 1.807) is 0 Å². The van der Waals surface area contributed by atoms with Crippen LogP contribution in [0.3, 0.4) is 0 Å². The molecule has 0 aromatic carbocycles. The van der Waals surface area contributed by atoms with E-state index in [1.165, 1.54) is 0 Å². The van der Waals surface area contributed by atoms with Gasteiger partial charge in [-0.1, -0.05) is 6.92 Å². The number of rotatable bonds is 2. The zero-order chi connectivity index (χ0) is 10.3. The summed E-state index contributed by atoms with van der Waals surface area (Å²) in [4.78, 5) is 24.1. The van der Waals surface area contributed by atoms with E-state index < -0.39 is 11.9 Å². The zero-order valence-corrected chi connectivity index (χ0v) is 8.27. The molecule has 1 amide bonds. The van der Waals surface area contributed by atoms with Gasteiger partial charge in [0.25, 0.3) is 0 Å². The number of hydrogen-bond donors (Lipinski definition) is 1. The summed E-state index contributed by atoms with van der Waals surface area (Å²) in [5.74, 6) is -0.825. The van der Waals surface area contributed by atoms with E-state index in [4.69, 9.17) is 5.11 Å². The summed E-state index contributed by atoms with van der Waals surface area (Å²) in [6.07, 6.45) is 1.59. The molecule has 3 unspecified atom stereocenters. The van der Waals surface area contributed by atoms with Crippen molar-refractivity contribution in [2.75, 3.05) is 13.1 Å². The Morgan fingerprint density at radius 2 is 2.07 bits per heavy atom. The second-order valence-electron chi connectivity index (χ2n) is 4.47. The highest BCUT2D eigenvalue weighted by molar-refractivity contribution is 5.89. The predicted octanol–water partition coefficient (Wildman–Crippen LogP) is 0.575. The number of hydrogen-bond acceptors (Lipinski definition) is 2. The van der Waals surface area contributed by atoms with Crippen LogP contribution >= 0.6 is 0 Å². The van der Waals surface area contributed by atoms with Gasteiger partial charge in [-0.05, 0) is 18.8 Å². The SMILES string of the molecule is CC1CCN(C(=O)C2CC2C(=O)O)C1. The van der Waals surface area contributed by atoms with Crippen molar-refractivity contribution >= 4 is 11.9 Å². The first kappa shape index (κ1) is 9.49. The van der Waals surface area contributed by atoms with Crippen molar-refractivity contribution in [1.82, 2.24) is 4.90 Å². The minimum absolute atomic E-state index is 0.0572. The molecule has 1 saturated carbocycles. The van der Waals surface area contributed by atoms with Gasteiger partial charge in [-0.2, -0.15) is 0 Å². The van der Waals surface area contributed by atoms with Crippen LogP contribution in [-0.4, -0.2) is 35.0 Å². The number of carbonyl (C=O) groups is 2. The summed E-state index contributed by atoms with van der Waals surface area (Å²) in [6.45, 7) is 3.74. The lowest BCUT2D eigenvalue weighted by molar-refractivity contribution is -0.141. The molecule has 0 aromatic heterocycles. The van der Waals surface area contributed by atoms with E-state index in [0.717, 1.165) is 19.5 Å². The van der Waals surface area contributed by atoms with Gasteiger partial charge in [0.1, 0.15) is 0 Å². The van der Waals surface area contributed by atoms with Crippen LogP contribution in [-0.2, 0) is 9.59 Å². The molecule has 3 atom stereocenters. The Kier molecular flexibility index (Phi) is 2.21. The third-order valence-corrected chi connectivity index (χ3v) is 3.16. The predicted molar refractivity (Wildman–Crippen MR) is 49.6 cm³/mol. The largest absolute Gasteiger partial charge is 0.481 e. The standard InChI is InChI=1S/C10H15NO3/c1-6-2-3-11(5-6)9(12)7-4-8(7)10(13)14/h6-8H,2-5H2,1H3,(H,13,14). The highest BCUT2D eigenvalue weighted by atomic mass is 16.4. The summed E-state index contributed by atoms with van der Waals surface area (Å²) in [6, 6.07) is 0. The smallest absolute Gasteiger partial charge is 0.307 e. The molecule has 1 aliphatic heterocycles. The number of likely N-dealkylation sites (tertiary alicyclic amines) is 1. The summed E-state index contributed by atoms with van der Waals surface area (Å²) in [7, 11) is 0. The normalized spacial score (nSPS) is 35.8. The minimum atomic E-state index is -0.824. The van der Waals surface area contributed by atoms with Gasteiger partial charge in [0.15, 0.2) is 0 Å². The lowest BCUT2D eigenvalue weighted by atomic mass is 10.2. The molecule has 4 heteroatoms. The Bertz CT molecular complexity index is 277. The van der Waals surface area contributed by atoms with Crippen molar-refractivity contribution in [3.8, 4) is 0 Å². The Balaban J connectivity index is 1.88. The van der Waals surface area contributed by atoms with E-state index >= 15 is 0 Å². The monoisotopic (exact) mass is 197 g/mol. The topological polar surface area (TPSA) is 57.6 Å². The molecule has 1 saturated heterocycles. The summed E-state index contributed by atoms with van der Waals surface area (Å²) < 4.78 is 0. The highest BCUT2D eigenvalue weighted by Gasteiger charge is 2.50. The first-order valence-electron chi connectivity index (χ1n) is 5.11. The van der Waals surface area contributed by atoms with Gasteiger partial charge in [0, 0.05) is 13.1 Å². The lowest BCUT2D eigenvalue weighted by Crippen LogP contribution is -2.30. The van der Waals surface area contributed by atoms with Crippen LogP contribution in [0, 0.1) is 17.8 Å². The lowest BCUT2D eigenvalue weighted by Gasteiger charge is -2.15. The third kappa shape index (κ3) is 1.61. The molecule has 1 N–H and O–H groups in total. The van der Waals surface area contributed by atoms with E-state index in [2.05, 4.69) is 6.92 Å². The molecule has 2 fully saturated rings. The fourth-order valence-corrected chi connectivity index (χ4v) is 2.11. The van der Waals surface area contributed by atoms with Crippen LogP contribution in [0.2, 0.25) is 0 Å². The second kappa shape index (κ2) is 3.26. The fraction of sp³-hybridized carbons (Fsp3) is 0.800. The quantitative estimate of drug-likeness (QED) is 0.704. The van der Waals surface area contributed by atoms with Crippen LogP contribution < -0.4 is 0 Å². The molecule has 4 nitrogen and oxygen atoms in total. The first-order valence-corrected chi connectivity index (χ1v) is 5.11. The molecule has 2 aliphatic rings. The number of carbonyl (C=O) groups excluding carboxylic acids is 1. The van der Waals surface area contributed by atoms with Crippen LogP contribution in [0.25, 0.3) is 0 Å². The molecule has 1 aliphatic carbocycles. The number of nitrogens with zero attached hydrogens (tertiary/aromatic N) is 1. The van der Waals surface area contributed by atoms with Crippen molar-refractivity contribution in [1.29, 1.82) is 0 Å². The first-order chi connectivity index (χ1) is 6.59. The Morgan fingerprint density at radius 1 is 1.36 bits per heavy atom. The van der Waals surface area contributed by atoms with E-state index in [-0.39, 0.29) is 11.8 Å². The zero-order valence-electron chi connectivity index (χ0n) is 8.27. The average Bonchev–Trinajstić information content (AvgIpc) is 2.82. The van der Waals surface area contributed by atoms with Crippen molar-refractivity contribution in [3.63, 3.8) is 0 Å². The van der Waals surface area contributed by atoms with Gasteiger partial charge < -0.3 is 10.0 Å². The highest BCUT2D eigenvalue weighted by Crippen LogP contribution is 2.40. The molecule has 1 heterocycles. The molecular formula is C10H15NO3. The molecule has 0 aromatic rings.